The van der Waals surface area contributed by atoms with Gasteiger partial charge in [0, 0.05) is 12.1 Å². The van der Waals surface area contributed by atoms with Gasteiger partial charge in [0.1, 0.15) is 5.75 Å². The molecule has 5 heteroatoms. The summed E-state index contributed by atoms with van der Waals surface area (Å²) in [6.07, 6.45) is 4.04. The first-order valence-electron chi connectivity index (χ1n) is 8.22. The first kappa shape index (κ1) is 15.6. The molecule has 2 heterocycles. The minimum atomic E-state index is 0.0319. The van der Waals surface area contributed by atoms with Gasteiger partial charge < -0.3 is 14.2 Å². The van der Waals surface area contributed by atoms with Gasteiger partial charge in [-0.25, -0.2) is 4.98 Å². The summed E-state index contributed by atoms with van der Waals surface area (Å²) in [5, 5.41) is 0. The molecule has 0 spiro atoms. The fraction of sp³-hybridized carbons (Fsp3) is 0.444. The predicted molar refractivity (Wildman–Crippen MR) is 89.4 cm³/mol. The molecular formula is C18H23N3O2. The van der Waals surface area contributed by atoms with Crippen molar-refractivity contribution in [3.63, 3.8) is 0 Å². The predicted octanol–water partition coefficient (Wildman–Crippen LogP) is 3.55. The summed E-state index contributed by atoms with van der Waals surface area (Å²) in [5.41, 5.74) is 2.02. The van der Waals surface area contributed by atoms with Crippen LogP contribution in [0.2, 0.25) is 0 Å². The van der Waals surface area contributed by atoms with Gasteiger partial charge in [0.25, 0.3) is 5.91 Å². The molecule has 2 aromatic rings. The van der Waals surface area contributed by atoms with Gasteiger partial charge in [0.15, 0.2) is 0 Å². The molecule has 0 saturated carbocycles. The molecular weight excluding hydrogens is 290 g/mol. The lowest BCUT2D eigenvalue weighted by molar-refractivity contribution is 0.0764. The second kappa shape index (κ2) is 6.44. The van der Waals surface area contributed by atoms with Gasteiger partial charge >= 0.3 is 0 Å². The van der Waals surface area contributed by atoms with E-state index in [0.717, 1.165) is 36.4 Å². The molecule has 1 aromatic carbocycles. The van der Waals surface area contributed by atoms with Crippen LogP contribution >= 0.6 is 0 Å². The highest BCUT2D eigenvalue weighted by molar-refractivity contribution is 5.93. The number of rotatable bonds is 6. The van der Waals surface area contributed by atoms with Gasteiger partial charge in [0.2, 0.25) is 5.82 Å². The number of hydrogen-bond acceptors (Lipinski definition) is 3. The second-order valence-corrected chi connectivity index (χ2v) is 6.15. The fourth-order valence-electron chi connectivity index (χ4n) is 2.79. The van der Waals surface area contributed by atoms with Crippen LogP contribution in [0.5, 0.6) is 5.75 Å². The summed E-state index contributed by atoms with van der Waals surface area (Å²) < 4.78 is 7.67. The summed E-state index contributed by atoms with van der Waals surface area (Å²) in [6, 6.07) is 7.95. The van der Waals surface area contributed by atoms with Gasteiger partial charge in [-0.15, -0.1) is 0 Å². The quantitative estimate of drug-likeness (QED) is 0.819. The van der Waals surface area contributed by atoms with Gasteiger partial charge in [-0.2, -0.15) is 0 Å². The summed E-state index contributed by atoms with van der Waals surface area (Å²) in [7, 11) is 0. The number of aromatic nitrogens is 2. The van der Waals surface area contributed by atoms with Gasteiger partial charge in [-0.05, 0) is 44.5 Å². The van der Waals surface area contributed by atoms with Crippen molar-refractivity contribution in [2.24, 2.45) is 0 Å². The van der Waals surface area contributed by atoms with Crippen LogP contribution in [0.4, 0.5) is 0 Å². The van der Waals surface area contributed by atoms with E-state index in [9.17, 15) is 4.79 Å². The van der Waals surface area contributed by atoms with E-state index in [1.165, 1.54) is 0 Å². The average molecular weight is 313 g/mol. The summed E-state index contributed by atoms with van der Waals surface area (Å²) in [6.45, 7) is 7.53. The Morgan fingerprint density at radius 2 is 2.00 bits per heavy atom. The number of carbonyl (C=O) groups is 1. The molecule has 3 rings (SSSR count). The number of unbranched alkanes of at least 4 members (excludes halogenated alkanes) is 1. The first-order valence-corrected chi connectivity index (χ1v) is 8.22. The zero-order chi connectivity index (χ0) is 16.4. The summed E-state index contributed by atoms with van der Waals surface area (Å²) in [4.78, 5) is 18.5. The number of amides is 1. The number of imidazole rings is 1. The molecule has 23 heavy (non-hydrogen) atoms. The molecule has 1 amide bonds. The zero-order valence-electron chi connectivity index (χ0n) is 14.0. The summed E-state index contributed by atoms with van der Waals surface area (Å²) >= 11 is 0. The molecule has 0 fully saturated rings. The average Bonchev–Trinajstić information content (AvgIpc) is 3.06. The maximum absolute atomic E-state index is 12.3. The zero-order valence-corrected chi connectivity index (χ0v) is 14.0. The Morgan fingerprint density at radius 1 is 1.26 bits per heavy atom. The fourth-order valence-corrected chi connectivity index (χ4v) is 2.79. The molecule has 0 atom stereocenters. The molecule has 0 aliphatic carbocycles. The van der Waals surface area contributed by atoms with Crippen LogP contribution in [0, 0.1) is 0 Å². The number of ether oxygens (including phenoxy) is 1. The van der Waals surface area contributed by atoms with E-state index in [4.69, 9.17) is 4.74 Å². The Balaban J connectivity index is 1.81. The molecule has 0 radical (unpaired) electrons. The highest BCUT2D eigenvalue weighted by atomic mass is 16.5. The molecule has 0 bridgehead atoms. The number of carbonyl (C=O) groups excluding carboxylic acids is 1. The normalized spacial score (nSPS) is 13.7. The Hall–Kier alpha value is -2.30. The van der Waals surface area contributed by atoms with E-state index in [-0.39, 0.29) is 12.0 Å². The number of benzene rings is 1. The van der Waals surface area contributed by atoms with Crippen LogP contribution in [0.25, 0.3) is 11.3 Å². The van der Waals surface area contributed by atoms with E-state index in [1.54, 1.807) is 6.20 Å². The van der Waals surface area contributed by atoms with E-state index in [2.05, 4.69) is 11.9 Å². The van der Waals surface area contributed by atoms with Gasteiger partial charge in [-0.1, -0.05) is 13.3 Å². The topological polar surface area (TPSA) is 47.4 Å². The van der Waals surface area contributed by atoms with Crippen molar-refractivity contribution in [2.75, 3.05) is 6.54 Å². The third kappa shape index (κ3) is 3.09. The van der Waals surface area contributed by atoms with Crippen molar-refractivity contribution in [2.45, 2.75) is 46.4 Å². The summed E-state index contributed by atoms with van der Waals surface area (Å²) in [5.74, 6) is 1.42. The maximum Gasteiger partial charge on any atom is 0.291 e. The SMILES string of the molecule is CCCCN1Cn2c(-c3ccc(OC(C)C)cc3)cnc2C1=O. The van der Waals surface area contributed by atoms with Crippen molar-refractivity contribution in [1.82, 2.24) is 14.5 Å². The van der Waals surface area contributed by atoms with Crippen molar-refractivity contribution in [1.29, 1.82) is 0 Å². The van der Waals surface area contributed by atoms with Crippen molar-refractivity contribution in [3.05, 3.63) is 36.3 Å². The highest BCUT2D eigenvalue weighted by Gasteiger charge is 2.30. The van der Waals surface area contributed by atoms with Crippen LogP contribution in [0.3, 0.4) is 0 Å². The Kier molecular flexibility index (Phi) is 4.37. The second-order valence-electron chi connectivity index (χ2n) is 6.15. The number of nitrogens with zero attached hydrogens (tertiary/aromatic N) is 3. The highest BCUT2D eigenvalue weighted by Crippen LogP contribution is 2.27. The van der Waals surface area contributed by atoms with Gasteiger partial charge in [0.05, 0.1) is 24.7 Å². The minimum Gasteiger partial charge on any atom is -0.491 e. The van der Waals surface area contributed by atoms with E-state index in [0.29, 0.717) is 12.5 Å². The minimum absolute atomic E-state index is 0.0319. The number of hydrogen-bond donors (Lipinski definition) is 0. The molecule has 1 aliphatic heterocycles. The van der Waals surface area contributed by atoms with Crippen molar-refractivity contribution in [3.8, 4) is 17.0 Å². The molecule has 0 unspecified atom stereocenters. The van der Waals surface area contributed by atoms with Crippen LogP contribution in [-0.2, 0) is 6.67 Å². The lowest BCUT2D eigenvalue weighted by Gasteiger charge is -2.15. The Labute approximate surface area is 136 Å². The number of fused-ring (bicyclic) bond motifs is 1. The lowest BCUT2D eigenvalue weighted by atomic mass is 10.1. The molecule has 1 aromatic heterocycles. The Morgan fingerprint density at radius 3 is 2.65 bits per heavy atom. The van der Waals surface area contributed by atoms with E-state index >= 15 is 0 Å². The van der Waals surface area contributed by atoms with Gasteiger partial charge in [-0.3, -0.25) is 4.79 Å². The third-order valence-electron chi connectivity index (χ3n) is 3.95. The van der Waals surface area contributed by atoms with Crippen LogP contribution < -0.4 is 4.74 Å². The van der Waals surface area contributed by atoms with Crippen molar-refractivity contribution >= 4 is 5.91 Å². The Bertz CT molecular complexity index is 689. The molecule has 122 valence electrons. The standard InChI is InChI=1S/C18H23N3O2/c1-4-5-10-20-12-21-16(11-19-17(21)18(20)22)14-6-8-15(9-7-14)23-13(2)3/h6-9,11,13H,4-5,10,12H2,1-3H3. The molecule has 5 nitrogen and oxygen atoms in total. The van der Waals surface area contributed by atoms with E-state index in [1.807, 2.05) is 47.6 Å². The first-order chi connectivity index (χ1) is 11.1. The third-order valence-corrected chi connectivity index (χ3v) is 3.95. The van der Waals surface area contributed by atoms with Crippen LogP contribution in [0.1, 0.15) is 44.2 Å². The van der Waals surface area contributed by atoms with Crippen LogP contribution in [-0.4, -0.2) is 33.0 Å². The molecule has 0 saturated heterocycles. The van der Waals surface area contributed by atoms with E-state index < -0.39 is 0 Å². The molecule has 0 N–H and O–H groups in total. The maximum atomic E-state index is 12.3. The van der Waals surface area contributed by atoms with Crippen LogP contribution in [0.15, 0.2) is 30.5 Å². The largest absolute Gasteiger partial charge is 0.491 e. The smallest absolute Gasteiger partial charge is 0.291 e. The van der Waals surface area contributed by atoms with Crippen molar-refractivity contribution < 1.29 is 9.53 Å². The lowest BCUT2D eigenvalue weighted by Crippen LogP contribution is -2.25. The monoisotopic (exact) mass is 313 g/mol. The molecule has 1 aliphatic rings.